The maximum atomic E-state index is 13.5. The van der Waals surface area contributed by atoms with Crippen LogP contribution in [-0.4, -0.2) is 16.3 Å². The summed E-state index contributed by atoms with van der Waals surface area (Å²) in [5.41, 5.74) is 3.95. The van der Waals surface area contributed by atoms with Gasteiger partial charge in [-0.2, -0.15) is 5.10 Å². The molecule has 0 saturated heterocycles. The highest BCUT2D eigenvalue weighted by Gasteiger charge is 2.18. The Labute approximate surface area is 126 Å². The molecule has 0 fully saturated rings. The molecule has 114 valence electrons. The van der Waals surface area contributed by atoms with Crippen LogP contribution in [0.3, 0.4) is 0 Å². The highest BCUT2D eigenvalue weighted by Crippen LogP contribution is 2.24. The van der Waals surface area contributed by atoms with E-state index in [2.05, 4.69) is 30.3 Å². The molecule has 21 heavy (non-hydrogen) atoms. The van der Waals surface area contributed by atoms with Gasteiger partial charge in [0, 0.05) is 7.05 Å². The summed E-state index contributed by atoms with van der Waals surface area (Å²) >= 11 is 0. The van der Waals surface area contributed by atoms with Gasteiger partial charge in [0.2, 0.25) is 0 Å². The van der Waals surface area contributed by atoms with E-state index < -0.39 is 0 Å². The Balaban J connectivity index is 2.41. The molecular formula is C17H24FN3. The van der Waals surface area contributed by atoms with Crippen LogP contribution in [-0.2, 0) is 13.5 Å². The maximum absolute atomic E-state index is 13.5. The van der Waals surface area contributed by atoms with E-state index in [9.17, 15) is 4.39 Å². The van der Waals surface area contributed by atoms with Crippen LogP contribution in [0.1, 0.15) is 48.8 Å². The molecule has 0 spiro atoms. The maximum Gasteiger partial charge on any atom is 0.126 e. The molecule has 0 radical (unpaired) electrons. The number of aryl methyl sites for hydroxylation is 3. The fourth-order valence-corrected chi connectivity index (χ4v) is 2.52. The second kappa shape index (κ2) is 6.85. The molecule has 0 saturated carbocycles. The van der Waals surface area contributed by atoms with Gasteiger partial charge in [-0.05, 0) is 49.6 Å². The average Bonchev–Trinajstić information content (AvgIpc) is 2.84. The summed E-state index contributed by atoms with van der Waals surface area (Å²) in [6.07, 6.45) is 1.96. The first-order valence-electron chi connectivity index (χ1n) is 7.59. The van der Waals surface area contributed by atoms with Crippen molar-refractivity contribution in [3.63, 3.8) is 0 Å². The first-order valence-corrected chi connectivity index (χ1v) is 7.59. The Morgan fingerprint density at radius 2 is 2.05 bits per heavy atom. The fraction of sp³-hybridized carbons (Fsp3) is 0.471. The third-order valence-electron chi connectivity index (χ3n) is 3.74. The topological polar surface area (TPSA) is 29.9 Å². The van der Waals surface area contributed by atoms with Crippen molar-refractivity contribution in [3.8, 4) is 0 Å². The molecule has 1 aromatic heterocycles. The molecule has 0 aliphatic heterocycles. The smallest absolute Gasteiger partial charge is 0.126 e. The van der Waals surface area contributed by atoms with Crippen molar-refractivity contribution in [2.75, 3.05) is 6.54 Å². The predicted molar refractivity (Wildman–Crippen MR) is 83.9 cm³/mol. The zero-order valence-electron chi connectivity index (χ0n) is 13.3. The zero-order valence-corrected chi connectivity index (χ0v) is 13.3. The minimum atomic E-state index is -0.160. The van der Waals surface area contributed by atoms with Crippen molar-refractivity contribution in [1.29, 1.82) is 0 Å². The van der Waals surface area contributed by atoms with Crippen molar-refractivity contribution in [3.05, 3.63) is 52.6 Å². The summed E-state index contributed by atoms with van der Waals surface area (Å²) in [7, 11) is 1.96. The third-order valence-corrected chi connectivity index (χ3v) is 3.74. The number of aromatic nitrogens is 2. The molecule has 2 rings (SSSR count). The van der Waals surface area contributed by atoms with Crippen LogP contribution < -0.4 is 5.32 Å². The summed E-state index contributed by atoms with van der Waals surface area (Å²) in [6.45, 7) is 6.95. The lowest BCUT2D eigenvalue weighted by atomic mass is 10.0. The molecule has 1 aromatic carbocycles. The summed E-state index contributed by atoms with van der Waals surface area (Å²) < 4.78 is 15.4. The highest BCUT2D eigenvalue weighted by molar-refractivity contribution is 5.32. The number of benzene rings is 1. The monoisotopic (exact) mass is 289 g/mol. The van der Waals surface area contributed by atoms with Gasteiger partial charge in [-0.1, -0.05) is 26.0 Å². The molecule has 0 amide bonds. The van der Waals surface area contributed by atoms with Crippen molar-refractivity contribution < 1.29 is 4.39 Å². The molecule has 4 heteroatoms. The van der Waals surface area contributed by atoms with Crippen LogP contribution in [0.4, 0.5) is 4.39 Å². The molecule has 0 bridgehead atoms. The van der Waals surface area contributed by atoms with Gasteiger partial charge >= 0.3 is 0 Å². The minimum Gasteiger partial charge on any atom is -0.305 e. The Kier molecular flexibility index (Phi) is 5.12. The van der Waals surface area contributed by atoms with Crippen molar-refractivity contribution in [2.24, 2.45) is 7.05 Å². The van der Waals surface area contributed by atoms with Gasteiger partial charge in [0.1, 0.15) is 5.82 Å². The molecular weight excluding hydrogens is 265 g/mol. The van der Waals surface area contributed by atoms with Gasteiger partial charge in [0.15, 0.2) is 0 Å². The summed E-state index contributed by atoms with van der Waals surface area (Å²) in [5, 5.41) is 8.07. The lowest BCUT2D eigenvalue weighted by Gasteiger charge is -2.20. The average molecular weight is 289 g/mol. The second-order valence-corrected chi connectivity index (χ2v) is 5.43. The molecule has 1 atom stereocenters. The zero-order chi connectivity index (χ0) is 15.4. The van der Waals surface area contributed by atoms with Crippen LogP contribution in [0.25, 0.3) is 0 Å². The van der Waals surface area contributed by atoms with Gasteiger partial charge in [-0.15, -0.1) is 0 Å². The van der Waals surface area contributed by atoms with E-state index in [0.29, 0.717) is 5.56 Å². The van der Waals surface area contributed by atoms with Crippen molar-refractivity contribution in [1.82, 2.24) is 15.1 Å². The number of nitrogens with zero attached hydrogens (tertiary/aromatic N) is 2. The summed E-state index contributed by atoms with van der Waals surface area (Å²) in [4.78, 5) is 0. The number of hydrogen-bond acceptors (Lipinski definition) is 2. The number of rotatable bonds is 6. The highest BCUT2D eigenvalue weighted by atomic mass is 19.1. The van der Waals surface area contributed by atoms with Crippen LogP contribution in [0.15, 0.2) is 24.3 Å². The first-order chi connectivity index (χ1) is 10.1. The largest absolute Gasteiger partial charge is 0.305 e. The third kappa shape index (κ3) is 3.50. The Morgan fingerprint density at radius 3 is 2.62 bits per heavy atom. The van der Waals surface area contributed by atoms with Crippen LogP contribution >= 0.6 is 0 Å². The van der Waals surface area contributed by atoms with Crippen molar-refractivity contribution >= 4 is 0 Å². The number of hydrogen-bond donors (Lipinski definition) is 1. The van der Waals surface area contributed by atoms with E-state index in [-0.39, 0.29) is 11.9 Å². The van der Waals surface area contributed by atoms with E-state index in [1.54, 1.807) is 13.0 Å². The SMILES string of the molecule is CCCNC(c1ccc(F)c(C)c1)c1cc(CC)nn1C. The van der Waals surface area contributed by atoms with E-state index >= 15 is 0 Å². The quantitative estimate of drug-likeness (QED) is 0.882. The Bertz CT molecular complexity index is 604. The molecule has 1 heterocycles. The molecule has 3 nitrogen and oxygen atoms in total. The summed E-state index contributed by atoms with van der Waals surface area (Å²) in [6, 6.07) is 7.49. The van der Waals surface area contributed by atoms with Gasteiger partial charge in [0.05, 0.1) is 17.4 Å². The molecule has 0 aliphatic rings. The Hall–Kier alpha value is -1.68. The first kappa shape index (κ1) is 15.7. The molecule has 2 aromatic rings. The molecule has 1 unspecified atom stereocenters. The Morgan fingerprint density at radius 1 is 1.29 bits per heavy atom. The van der Waals surface area contributed by atoms with E-state index in [1.165, 1.54) is 0 Å². The number of halogens is 1. The molecule has 1 N–H and O–H groups in total. The van der Waals surface area contributed by atoms with Crippen LogP contribution in [0, 0.1) is 12.7 Å². The van der Waals surface area contributed by atoms with Gasteiger partial charge < -0.3 is 5.32 Å². The van der Waals surface area contributed by atoms with E-state index in [0.717, 1.165) is 36.3 Å². The predicted octanol–water partition coefficient (Wildman–Crippen LogP) is 3.52. The summed E-state index contributed by atoms with van der Waals surface area (Å²) in [5.74, 6) is -0.160. The van der Waals surface area contributed by atoms with Crippen LogP contribution in [0.2, 0.25) is 0 Å². The lowest BCUT2D eigenvalue weighted by molar-refractivity contribution is 0.550. The normalized spacial score (nSPS) is 12.6. The number of nitrogens with one attached hydrogen (secondary N) is 1. The van der Waals surface area contributed by atoms with Gasteiger partial charge in [-0.25, -0.2) is 4.39 Å². The standard InChI is InChI=1S/C17H24FN3/c1-5-9-19-17(13-7-8-15(18)12(3)10-13)16-11-14(6-2)20-21(16)4/h7-8,10-11,17,19H,5-6,9H2,1-4H3. The van der Waals surface area contributed by atoms with Crippen LogP contribution in [0.5, 0.6) is 0 Å². The minimum absolute atomic E-state index is 0.0436. The molecule has 0 aliphatic carbocycles. The fourth-order valence-electron chi connectivity index (χ4n) is 2.52. The second-order valence-electron chi connectivity index (χ2n) is 5.43. The van der Waals surface area contributed by atoms with Gasteiger partial charge in [-0.3, -0.25) is 4.68 Å². The van der Waals surface area contributed by atoms with E-state index in [4.69, 9.17) is 0 Å². The lowest BCUT2D eigenvalue weighted by Crippen LogP contribution is -2.25. The van der Waals surface area contributed by atoms with E-state index in [1.807, 2.05) is 23.9 Å². The van der Waals surface area contributed by atoms with Crippen molar-refractivity contribution in [2.45, 2.75) is 39.7 Å². The van der Waals surface area contributed by atoms with Gasteiger partial charge in [0.25, 0.3) is 0 Å².